The van der Waals surface area contributed by atoms with Crippen molar-refractivity contribution in [2.75, 3.05) is 5.32 Å². The summed E-state index contributed by atoms with van der Waals surface area (Å²) in [6.45, 7) is 3.13. The van der Waals surface area contributed by atoms with Crippen LogP contribution in [0.5, 0.6) is 0 Å². The number of hydrogen-bond donors (Lipinski definition) is 1. The fourth-order valence-electron chi connectivity index (χ4n) is 1.90. The van der Waals surface area contributed by atoms with Gasteiger partial charge in [-0.25, -0.2) is 4.39 Å². The van der Waals surface area contributed by atoms with Gasteiger partial charge in [-0.15, -0.1) is 11.8 Å². The van der Waals surface area contributed by atoms with Crippen LogP contribution in [0.25, 0.3) is 0 Å². The third kappa shape index (κ3) is 5.76. The van der Waals surface area contributed by atoms with Crippen molar-refractivity contribution < 1.29 is 18.7 Å². The number of anilines is 1. The second kappa shape index (κ2) is 8.87. The Morgan fingerprint density at radius 1 is 1.16 bits per heavy atom. The molecule has 0 heterocycles. The molecule has 132 valence electrons. The van der Waals surface area contributed by atoms with Crippen LogP contribution in [0.15, 0.2) is 53.4 Å². The van der Waals surface area contributed by atoms with Crippen molar-refractivity contribution in [3.63, 3.8) is 0 Å². The number of hydrogen-bond acceptors (Lipinski definition) is 4. The molecular formula is C18H17ClFNO3S. The van der Waals surface area contributed by atoms with Crippen molar-refractivity contribution >= 4 is 40.9 Å². The molecule has 2 rings (SSSR count). The van der Waals surface area contributed by atoms with E-state index in [9.17, 15) is 14.0 Å². The first kappa shape index (κ1) is 19.3. The van der Waals surface area contributed by atoms with Gasteiger partial charge in [0.1, 0.15) is 11.1 Å². The Kier molecular flexibility index (Phi) is 6.84. The Morgan fingerprint density at radius 3 is 2.48 bits per heavy atom. The minimum atomic E-state index is -1.05. The van der Waals surface area contributed by atoms with Crippen molar-refractivity contribution in [2.45, 2.75) is 30.1 Å². The molecule has 0 saturated heterocycles. The summed E-state index contributed by atoms with van der Waals surface area (Å²) in [5.41, 5.74) is -0.0241. The van der Waals surface area contributed by atoms with Crippen molar-refractivity contribution in [1.82, 2.24) is 0 Å². The molecule has 0 unspecified atom stereocenters. The van der Waals surface area contributed by atoms with Crippen LogP contribution >= 0.6 is 23.4 Å². The highest BCUT2D eigenvalue weighted by atomic mass is 35.5. The van der Waals surface area contributed by atoms with Gasteiger partial charge in [-0.05, 0) is 44.2 Å². The maximum absolute atomic E-state index is 13.7. The molecule has 7 heteroatoms. The molecule has 0 aromatic heterocycles. The first-order valence-corrected chi connectivity index (χ1v) is 8.80. The molecule has 1 N–H and O–H groups in total. The zero-order chi connectivity index (χ0) is 18.4. The van der Waals surface area contributed by atoms with Crippen LogP contribution in [-0.2, 0) is 14.3 Å². The quantitative estimate of drug-likeness (QED) is 0.590. The SMILES string of the molecule is C[C@H](OC(=O)[C@@H](C)Sc1ccccc1)C(=O)Nc1ccc(Cl)cc1F. The second-order valence-corrected chi connectivity index (χ2v) is 7.12. The number of nitrogens with one attached hydrogen (secondary N) is 1. The molecule has 0 aliphatic heterocycles. The van der Waals surface area contributed by atoms with Gasteiger partial charge in [0.15, 0.2) is 6.10 Å². The van der Waals surface area contributed by atoms with Gasteiger partial charge in [-0.1, -0.05) is 29.8 Å². The number of esters is 1. The van der Waals surface area contributed by atoms with E-state index < -0.39 is 29.0 Å². The van der Waals surface area contributed by atoms with Crippen molar-refractivity contribution in [3.05, 3.63) is 59.4 Å². The molecule has 2 atom stereocenters. The van der Waals surface area contributed by atoms with E-state index in [1.165, 1.54) is 30.8 Å². The van der Waals surface area contributed by atoms with E-state index in [1.54, 1.807) is 6.92 Å². The zero-order valence-electron chi connectivity index (χ0n) is 13.7. The Balaban J connectivity index is 1.90. The monoisotopic (exact) mass is 381 g/mol. The lowest BCUT2D eigenvalue weighted by atomic mass is 10.3. The lowest BCUT2D eigenvalue weighted by Gasteiger charge is -2.16. The summed E-state index contributed by atoms with van der Waals surface area (Å²) in [7, 11) is 0. The Hall–Kier alpha value is -2.05. The van der Waals surface area contributed by atoms with Gasteiger partial charge >= 0.3 is 5.97 Å². The molecule has 0 aliphatic rings. The molecule has 0 aliphatic carbocycles. The van der Waals surface area contributed by atoms with Gasteiger partial charge < -0.3 is 10.1 Å². The number of carbonyl (C=O) groups is 2. The van der Waals surface area contributed by atoms with Gasteiger partial charge in [-0.2, -0.15) is 0 Å². The van der Waals surface area contributed by atoms with Gasteiger partial charge in [0.2, 0.25) is 0 Å². The number of thioether (sulfide) groups is 1. The summed E-state index contributed by atoms with van der Waals surface area (Å²) in [6.07, 6.45) is -1.05. The second-order valence-electron chi connectivity index (χ2n) is 5.27. The highest BCUT2D eigenvalue weighted by molar-refractivity contribution is 8.00. The van der Waals surface area contributed by atoms with E-state index in [-0.39, 0.29) is 10.7 Å². The molecule has 0 saturated carbocycles. The number of halogens is 2. The highest BCUT2D eigenvalue weighted by Crippen LogP contribution is 2.24. The average molecular weight is 382 g/mol. The van der Waals surface area contributed by atoms with Gasteiger partial charge in [0.05, 0.1) is 5.69 Å². The minimum Gasteiger partial charge on any atom is -0.452 e. The molecular weight excluding hydrogens is 365 g/mol. The zero-order valence-corrected chi connectivity index (χ0v) is 15.2. The smallest absolute Gasteiger partial charge is 0.319 e. The topological polar surface area (TPSA) is 55.4 Å². The third-order valence-electron chi connectivity index (χ3n) is 3.24. The Morgan fingerprint density at radius 2 is 1.84 bits per heavy atom. The highest BCUT2D eigenvalue weighted by Gasteiger charge is 2.23. The predicted octanol–water partition coefficient (Wildman–Crippen LogP) is 4.53. The van der Waals surface area contributed by atoms with Crippen LogP contribution < -0.4 is 5.32 Å². The molecule has 0 fully saturated rings. The van der Waals surface area contributed by atoms with Crippen LogP contribution in [-0.4, -0.2) is 23.2 Å². The first-order valence-electron chi connectivity index (χ1n) is 7.55. The molecule has 2 aromatic rings. The largest absolute Gasteiger partial charge is 0.452 e. The number of carbonyl (C=O) groups excluding carboxylic acids is 2. The van der Waals surface area contributed by atoms with Gasteiger partial charge in [-0.3, -0.25) is 9.59 Å². The summed E-state index contributed by atoms with van der Waals surface area (Å²) in [6, 6.07) is 13.3. The standard InChI is InChI=1S/C18H17ClFNO3S/c1-11(17(22)21-16-9-8-13(19)10-15(16)20)24-18(23)12(2)25-14-6-4-3-5-7-14/h3-12H,1-2H3,(H,21,22)/t11-,12+/m0/s1. The van der Waals surface area contributed by atoms with E-state index in [1.807, 2.05) is 30.3 Å². The summed E-state index contributed by atoms with van der Waals surface area (Å²) < 4.78 is 18.9. The van der Waals surface area contributed by atoms with E-state index in [0.29, 0.717) is 0 Å². The fourth-order valence-corrected chi connectivity index (χ4v) is 2.93. The number of benzene rings is 2. The first-order chi connectivity index (χ1) is 11.9. The van der Waals surface area contributed by atoms with Crippen molar-refractivity contribution in [1.29, 1.82) is 0 Å². The Labute approximate surface area is 154 Å². The van der Waals surface area contributed by atoms with E-state index >= 15 is 0 Å². The summed E-state index contributed by atoms with van der Waals surface area (Å²) in [5.74, 6) is -1.80. The average Bonchev–Trinajstić information content (AvgIpc) is 2.58. The molecule has 0 spiro atoms. The van der Waals surface area contributed by atoms with Crippen molar-refractivity contribution in [3.8, 4) is 0 Å². The van der Waals surface area contributed by atoms with Crippen LogP contribution in [0.1, 0.15) is 13.8 Å². The number of rotatable bonds is 6. The summed E-state index contributed by atoms with van der Waals surface area (Å²) in [4.78, 5) is 25.1. The van der Waals surface area contributed by atoms with Crippen LogP contribution in [0, 0.1) is 5.82 Å². The number of ether oxygens (including phenoxy) is 1. The van der Waals surface area contributed by atoms with Gasteiger partial charge in [0, 0.05) is 9.92 Å². The molecule has 0 bridgehead atoms. The predicted molar refractivity (Wildman–Crippen MR) is 97.4 cm³/mol. The van der Waals surface area contributed by atoms with Crippen molar-refractivity contribution in [2.24, 2.45) is 0 Å². The van der Waals surface area contributed by atoms with E-state index in [2.05, 4.69) is 5.32 Å². The lowest BCUT2D eigenvalue weighted by Crippen LogP contribution is -2.32. The molecule has 4 nitrogen and oxygen atoms in total. The van der Waals surface area contributed by atoms with E-state index in [4.69, 9.17) is 16.3 Å². The van der Waals surface area contributed by atoms with E-state index in [0.717, 1.165) is 11.0 Å². The maximum atomic E-state index is 13.7. The van der Waals surface area contributed by atoms with Crippen LogP contribution in [0.2, 0.25) is 5.02 Å². The molecule has 2 aromatic carbocycles. The Bertz CT molecular complexity index is 757. The molecule has 1 amide bonds. The normalized spacial score (nSPS) is 13.0. The summed E-state index contributed by atoms with van der Waals surface area (Å²) >= 11 is 6.99. The van der Waals surface area contributed by atoms with Gasteiger partial charge in [0.25, 0.3) is 5.91 Å². The minimum absolute atomic E-state index is 0.0241. The third-order valence-corrected chi connectivity index (χ3v) is 4.56. The fraction of sp³-hybridized carbons (Fsp3) is 0.222. The molecule has 25 heavy (non-hydrogen) atoms. The lowest BCUT2D eigenvalue weighted by molar-refractivity contribution is -0.152. The number of amides is 1. The maximum Gasteiger partial charge on any atom is 0.319 e. The summed E-state index contributed by atoms with van der Waals surface area (Å²) in [5, 5.41) is 2.12. The van der Waals surface area contributed by atoms with Crippen LogP contribution in [0.4, 0.5) is 10.1 Å². The van der Waals surface area contributed by atoms with Crippen LogP contribution in [0.3, 0.4) is 0 Å². The molecule has 0 radical (unpaired) electrons.